The Labute approximate surface area is 247 Å². The zero-order valence-corrected chi connectivity index (χ0v) is 23.6. The Morgan fingerprint density at radius 1 is 0.930 bits per heavy atom. The van der Waals surface area contributed by atoms with Gasteiger partial charge in [0.05, 0.1) is 20.2 Å². The number of benzene rings is 3. The second-order valence-corrected chi connectivity index (χ2v) is 10.7. The number of anilines is 1. The highest BCUT2D eigenvalue weighted by Crippen LogP contribution is 2.37. The van der Waals surface area contributed by atoms with Gasteiger partial charge in [0.25, 0.3) is 0 Å². The van der Waals surface area contributed by atoms with E-state index in [-0.39, 0.29) is 17.9 Å². The second kappa shape index (κ2) is 13.7. The number of para-hydroxylation sites is 1. The summed E-state index contributed by atoms with van der Waals surface area (Å²) in [7, 11) is 1.62. The van der Waals surface area contributed by atoms with Gasteiger partial charge in [-0.3, -0.25) is 4.79 Å². The van der Waals surface area contributed by atoms with Gasteiger partial charge in [-0.15, -0.1) is 0 Å². The Morgan fingerprint density at radius 3 is 2.02 bits per heavy atom. The molecule has 0 aliphatic carbocycles. The molecule has 0 amide bonds. The third-order valence-electron chi connectivity index (χ3n) is 7.88. The molecule has 43 heavy (non-hydrogen) atoms. The minimum absolute atomic E-state index is 0.121. The number of rotatable bonds is 9. The largest absolute Gasteiger partial charge is 0.542 e. The number of Topliss-reactive ketones (excluding diaryl/α,β-unsaturated/α-hetero) is 1. The number of fused-ring (bicyclic) bond motifs is 3. The summed E-state index contributed by atoms with van der Waals surface area (Å²) >= 11 is 0. The van der Waals surface area contributed by atoms with Crippen molar-refractivity contribution in [3.63, 3.8) is 0 Å². The molecule has 8 nitrogen and oxygen atoms in total. The van der Waals surface area contributed by atoms with E-state index in [1.807, 2.05) is 84.9 Å². The molecule has 3 aromatic carbocycles. The molecule has 3 aliphatic heterocycles. The Kier molecular flexibility index (Phi) is 10.1. The van der Waals surface area contributed by atoms with Gasteiger partial charge in [0.1, 0.15) is 24.8 Å². The van der Waals surface area contributed by atoms with Crippen molar-refractivity contribution in [3.05, 3.63) is 96.1 Å². The van der Waals surface area contributed by atoms with Crippen LogP contribution >= 0.6 is 0 Å². The van der Waals surface area contributed by atoms with Crippen LogP contribution in [-0.4, -0.2) is 67.8 Å². The zero-order chi connectivity index (χ0) is 31.0. The van der Waals surface area contributed by atoms with E-state index in [1.165, 1.54) is 0 Å². The number of carboxylic acids is 1. The monoisotopic (exact) mass is 598 g/mol. The van der Waals surface area contributed by atoms with Gasteiger partial charge in [-0.05, 0) is 42.0 Å². The number of ketones is 1. The van der Waals surface area contributed by atoms with Gasteiger partial charge in [0.2, 0.25) is 5.78 Å². The molecule has 3 aliphatic rings. The number of hydrogen-bond acceptors (Lipinski definition) is 7. The summed E-state index contributed by atoms with van der Waals surface area (Å²) < 4.78 is 43.7. The molecular formula is C32H33F3N2O6. The van der Waals surface area contributed by atoms with E-state index in [2.05, 4.69) is 5.32 Å². The molecular weight excluding hydrogens is 565 g/mol. The highest BCUT2D eigenvalue weighted by molar-refractivity contribution is 5.97. The van der Waals surface area contributed by atoms with Gasteiger partial charge >= 0.3 is 12.1 Å². The first-order valence-corrected chi connectivity index (χ1v) is 13.9. The number of nitrogens with zero attached hydrogens (tertiary/aromatic N) is 1. The van der Waals surface area contributed by atoms with Crippen LogP contribution in [0.4, 0.5) is 18.9 Å². The van der Waals surface area contributed by atoms with Crippen molar-refractivity contribution < 1.29 is 46.6 Å². The van der Waals surface area contributed by atoms with Crippen molar-refractivity contribution in [1.29, 1.82) is 0 Å². The molecule has 3 aromatic rings. The molecule has 0 unspecified atom stereocenters. The maximum atomic E-state index is 13.5. The molecule has 3 fully saturated rings. The average Bonchev–Trinajstić information content (AvgIpc) is 3.01. The topological polar surface area (TPSA) is 105 Å². The van der Waals surface area contributed by atoms with Crippen molar-refractivity contribution in [1.82, 2.24) is 0 Å². The lowest BCUT2D eigenvalue weighted by Crippen LogP contribution is -2.65. The number of quaternary nitrogens is 1. The first-order valence-electron chi connectivity index (χ1n) is 13.9. The minimum atomic E-state index is -5.19. The van der Waals surface area contributed by atoms with Crippen LogP contribution in [0, 0.1) is 5.92 Å². The van der Waals surface area contributed by atoms with Gasteiger partial charge in [-0.1, -0.05) is 48.5 Å². The predicted octanol–water partition coefficient (Wildman–Crippen LogP) is 4.18. The minimum Gasteiger partial charge on any atom is -0.542 e. The number of ether oxygens (including phenoxy) is 2. The average molecular weight is 599 g/mol. The summed E-state index contributed by atoms with van der Waals surface area (Å²) in [5.74, 6) is -2.08. The number of piperidine rings is 3. The summed E-state index contributed by atoms with van der Waals surface area (Å²) in [6.45, 7) is 3.01. The summed E-state index contributed by atoms with van der Waals surface area (Å²) in [6.07, 6.45) is -3.45. The fraction of sp³-hybridized carbons (Fsp3) is 0.344. The quantitative estimate of drug-likeness (QED) is 0.224. The molecule has 0 saturated carbocycles. The standard InChI is InChI=1S/C30H33N2O4.C2HF3O2/c1-35-26-14-12-22(13-15-26)27(33)20-32-18-16-23(17-19-32)28(21-32)36-30(34)29(24-8-4-2-5-9-24)31-25-10-6-3-7-11-25;3-2(4,5)1(6)7/h2-15,23,28-29,31H,16-21H2,1H3;(H,6,7)/q+1;/p-1/t23?,28-,29+,32?;/m0./s1. The van der Waals surface area contributed by atoms with Crippen LogP contribution < -0.4 is 15.2 Å². The van der Waals surface area contributed by atoms with Crippen LogP contribution in [0.3, 0.4) is 0 Å². The lowest BCUT2D eigenvalue weighted by atomic mass is 9.82. The summed E-state index contributed by atoms with van der Waals surface area (Å²) in [4.78, 5) is 35.5. The SMILES string of the molecule is COc1ccc(C(=O)C[N+]23CCC(CC2)[C@@H](OC(=O)[C@H](Nc2ccccc2)c2ccccc2)C3)cc1.O=C([O-])C(F)(F)F. The Bertz CT molecular complexity index is 1380. The molecule has 228 valence electrons. The number of carboxylic acid groups (broad SMARTS) is 1. The van der Waals surface area contributed by atoms with E-state index < -0.39 is 18.2 Å². The van der Waals surface area contributed by atoms with Crippen LogP contribution in [0.5, 0.6) is 5.75 Å². The van der Waals surface area contributed by atoms with Gasteiger partial charge in [0.15, 0.2) is 12.1 Å². The molecule has 6 rings (SSSR count). The van der Waals surface area contributed by atoms with Crippen molar-refractivity contribution in [2.75, 3.05) is 38.6 Å². The molecule has 11 heteroatoms. The summed E-state index contributed by atoms with van der Waals surface area (Å²) in [6, 6.07) is 26.1. The first kappa shape index (κ1) is 31.6. The highest BCUT2D eigenvalue weighted by atomic mass is 19.4. The fourth-order valence-corrected chi connectivity index (χ4v) is 5.59. The number of alkyl halides is 3. The molecule has 2 atom stereocenters. The summed E-state index contributed by atoms with van der Waals surface area (Å²) in [5, 5.41) is 12.1. The number of hydrogen-bond donors (Lipinski definition) is 1. The Balaban J connectivity index is 0.000000541. The predicted molar refractivity (Wildman–Crippen MR) is 150 cm³/mol. The molecule has 2 bridgehead atoms. The van der Waals surface area contributed by atoms with E-state index in [4.69, 9.17) is 19.4 Å². The maximum absolute atomic E-state index is 13.5. The van der Waals surface area contributed by atoms with Crippen LogP contribution in [0.15, 0.2) is 84.9 Å². The van der Waals surface area contributed by atoms with Crippen molar-refractivity contribution >= 4 is 23.4 Å². The van der Waals surface area contributed by atoms with Crippen LogP contribution in [0.1, 0.15) is 34.8 Å². The van der Waals surface area contributed by atoms with E-state index in [0.29, 0.717) is 29.1 Å². The van der Waals surface area contributed by atoms with Crippen LogP contribution in [-0.2, 0) is 14.3 Å². The van der Waals surface area contributed by atoms with E-state index in [0.717, 1.165) is 42.9 Å². The number of nitrogens with one attached hydrogen (secondary N) is 1. The Hall–Kier alpha value is -4.38. The summed E-state index contributed by atoms with van der Waals surface area (Å²) in [5.41, 5.74) is 2.43. The molecule has 3 heterocycles. The van der Waals surface area contributed by atoms with Gasteiger partial charge in [-0.2, -0.15) is 13.2 Å². The van der Waals surface area contributed by atoms with Crippen LogP contribution in [0.25, 0.3) is 0 Å². The lowest BCUT2D eigenvalue weighted by molar-refractivity contribution is -0.938. The molecule has 0 spiro atoms. The number of esters is 1. The molecule has 0 aromatic heterocycles. The Morgan fingerprint density at radius 2 is 1.49 bits per heavy atom. The normalized spacial score (nSPS) is 21.5. The fourth-order valence-electron chi connectivity index (χ4n) is 5.59. The lowest BCUT2D eigenvalue weighted by Gasteiger charge is -2.51. The molecule has 0 radical (unpaired) electrons. The van der Waals surface area contributed by atoms with Gasteiger partial charge in [0, 0.05) is 30.0 Å². The van der Waals surface area contributed by atoms with Gasteiger partial charge in [-0.25, -0.2) is 4.79 Å². The smallest absolute Gasteiger partial charge is 0.430 e. The molecule has 3 saturated heterocycles. The number of carbonyl (C=O) groups is 3. The van der Waals surface area contributed by atoms with E-state index in [9.17, 15) is 22.8 Å². The first-order chi connectivity index (χ1) is 20.5. The van der Waals surface area contributed by atoms with E-state index in [1.54, 1.807) is 7.11 Å². The highest BCUT2D eigenvalue weighted by Gasteiger charge is 2.49. The number of carbonyl (C=O) groups excluding carboxylic acids is 3. The van der Waals surface area contributed by atoms with Crippen molar-refractivity contribution in [2.45, 2.75) is 31.2 Å². The van der Waals surface area contributed by atoms with Gasteiger partial charge < -0.3 is 29.2 Å². The second-order valence-electron chi connectivity index (χ2n) is 10.7. The third kappa shape index (κ3) is 8.35. The number of methoxy groups -OCH3 is 1. The molecule has 1 N–H and O–H groups in total. The zero-order valence-electron chi connectivity index (χ0n) is 23.6. The van der Waals surface area contributed by atoms with Crippen molar-refractivity contribution in [3.8, 4) is 5.75 Å². The number of halogens is 3. The maximum Gasteiger partial charge on any atom is 0.430 e. The third-order valence-corrected chi connectivity index (χ3v) is 7.88. The van der Waals surface area contributed by atoms with E-state index >= 15 is 0 Å². The van der Waals surface area contributed by atoms with Crippen molar-refractivity contribution in [2.24, 2.45) is 5.92 Å². The van der Waals surface area contributed by atoms with Crippen LogP contribution in [0.2, 0.25) is 0 Å². The number of aliphatic carboxylic acids is 1.